The van der Waals surface area contributed by atoms with Gasteiger partial charge in [-0.2, -0.15) is 5.26 Å². The third-order valence-corrected chi connectivity index (χ3v) is 6.25. The molecule has 1 aliphatic rings. The van der Waals surface area contributed by atoms with E-state index in [1.807, 2.05) is 30.3 Å². The van der Waals surface area contributed by atoms with Crippen molar-refractivity contribution in [2.24, 2.45) is 5.73 Å². The minimum atomic E-state index is -0.574. The third kappa shape index (κ3) is 5.52. The lowest BCUT2D eigenvalue weighted by Gasteiger charge is -2.27. The Labute approximate surface area is 222 Å². The first-order valence-electron chi connectivity index (χ1n) is 12.0. The summed E-state index contributed by atoms with van der Waals surface area (Å²) in [5.41, 5.74) is 8.95. The average Bonchev–Trinajstić information content (AvgIpc) is 2.90. The highest BCUT2D eigenvalue weighted by Gasteiger charge is 2.33. The molecule has 38 heavy (non-hydrogen) atoms. The Kier molecular flexibility index (Phi) is 7.49. The fraction of sp³-hybridized carbons (Fsp3) is 0.267. The first kappa shape index (κ1) is 26.4. The van der Waals surface area contributed by atoms with Crippen LogP contribution in [0.15, 0.2) is 72.1 Å². The van der Waals surface area contributed by atoms with Crippen LogP contribution in [0.5, 0.6) is 28.7 Å². The number of carbonyl (C=O) groups is 1. The van der Waals surface area contributed by atoms with Crippen molar-refractivity contribution in [2.75, 3.05) is 20.8 Å². The minimum Gasteiger partial charge on any atom is -0.497 e. The standard InChI is InChI=1S/C30H30N2O6/c1-30(2,3)18-6-8-19(9-7-18)36-17-27(33)37-21-11-13-23-26(15-21)38-29(32)24(16-31)28(23)22-12-10-20(34-4)14-25(22)35-5/h6-15,28H,17,32H2,1-5H3. The van der Waals surface area contributed by atoms with Gasteiger partial charge in [-0.25, -0.2) is 4.79 Å². The van der Waals surface area contributed by atoms with E-state index in [2.05, 4.69) is 26.8 Å². The van der Waals surface area contributed by atoms with Crippen LogP contribution in [-0.4, -0.2) is 26.8 Å². The predicted molar refractivity (Wildman–Crippen MR) is 142 cm³/mol. The normalized spacial score (nSPS) is 14.6. The molecule has 1 unspecified atom stereocenters. The second kappa shape index (κ2) is 10.8. The van der Waals surface area contributed by atoms with E-state index in [1.54, 1.807) is 44.6 Å². The molecule has 0 spiro atoms. The Morgan fingerprint density at radius 1 is 0.947 bits per heavy atom. The smallest absolute Gasteiger partial charge is 0.349 e. The van der Waals surface area contributed by atoms with Gasteiger partial charge in [-0.05, 0) is 35.2 Å². The summed E-state index contributed by atoms with van der Waals surface area (Å²) in [6.45, 7) is 6.12. The molecule has 0 fully saturated rings. The molecule has 0 aromatic heterocycles. The van der Waals surface area contributed by atoms with E-state index >= 15 is 0 Å². The molecule has 2 N–H and O–H groups in total. The summed E-state index contributed by atoms with van der Waals surface area (Å²) in [5, 5.41) is 9.85. The van der Waals surface area contributed by atoms with Crippen molar-refractivity contribution in [3.63, 3.8) is 0 Å². The van der Waals surface area contributed by atoms with Crippen molar-refractivity contribution in [1.82, 2.24) is 0 Å². The van der Waals surface area contributed by atoms with Gasteiger partial charge in [0.05, 0.1) is 20.1 Å². The van der Waals surface area contributed by atoms with Crippen LogP contribution in [0.1, 0.15) is 43.4 Å². The molecule has 1 heterocycles. The van der Waals surface area contributed by atoms with Crippen molar-refractivity contribution in [3.05, 3.63) is 88.8 Å². The van der Waals surface area contributed by atoms with Crippen molar-refractivity contribution in [1.29, 1.82) is 5.26 Å². The second-order valence-corrected chi connectivity index (χ2v) is 9.77. The molecule has 8 nitrogen and oxygen atoms in total. The molecule has 0 radical (unpaired) electrons. The maximum Gasteiger partial charge on any atom is 0.349 e. The number of nitriles is 1. The highest BCUT2D eigenvalue weighted by molar-refractivity contribution is 5.74. The molecule has 1 aliphatic heterocycles. The fourth-order valence-corrected chi connectivity index (χ4v) is 4.23. The Morgan fingerprint density at radius 3 is 2.24 bits per heavy atom. The third-order valence-electron chi connectivity index (χ3n) is 6.25. The number of hydrogen-bond donors (Lipinski definition) is 1. The summed E-state index contributed by atoms with van der Waals surface area (Å²) in [7, 11) is 3.11. The number of fused-ring (bicyclic) bond motifs is 1. The number of ether oxygens (including phenoxy) is 5. The molecule has 4 rings (SSSR count). The number of allylic oxidation sites excluding steroid dienone is 1. The summed E-state index contributed by atoms with van der Waals surface area (Å²) in [6.07, 6.45) is 0. The summed E-state index contributed by atoms with van der Waals surface area (Å²) in [5.74, 6) is 1.19. The second-order valence-electron chi connectivity index (χ2n) is 9.77. The molecular formula is C30H30N2O6. The summed E-state index contributed by atoms with van der Waals surface area (Å²) >= 11 is 0. The van der Waals surface area contributed by atoms with Crippen LogP contribution in [0.2, 0.25) is 0 Å². The molecule has 1 atom stereocenters. The van der Waals surface area contributed by atoms with Gasteiger partial charge in [0, 0.05) is 23.3 Å². The van der Waals surface area contributed by atoms with Crippen LogP contribution in [0.25, 0.3) is 0 Å². The first-order chi connectivity index (χ1) is 18.1. The van der Waals surface area contributed by atoms with Gasteiger partial charge in [0.25, 0.3) is 0 Å². The highest BCUT2D eigenvalue weighted by atomic mass is 16.6. The molecule has 0 bridgehead atoms. The molecular weight excluding hydrogens is 484 g/mol. The van der Waals surface area contributed by atoms with E-state index < -0.39 is 11.9 Å². The number of benzene rings is 3. The van der Waals surface area contributed by atoms with Crippen molar-refractivity contribution in [2.45, 2.75) is 32.1 Å². The Balaban J connectivity index is 1.53. The quantitative estimate of drug-likeness (QED) is 0.338. The van der Waals surface area contributed by atoms with E-state index in [0.717, 1.165) is 0 Å². The van der Waals surface area contributed by atoms with Gasteiger partial charge in [0.15, 0.2) is 6.61 Å². The lowest BCUT2D eigenvalue weighted by atomic mass is 9.83. The van der Waals surface area contributed by atoms with E-state index in [9.17, 15) is 10.1 Å². The number of nitrogens with zero attached hydrogens (tertiary/aromatic N) is 1. The summed E-state index contributed by atoms with van der Waals surface area (Å²) in [4.78, 5) is 12.5. The summed E-state index contributed by atoms with van der Waals surface area (Å²) < 4.78 is 27.7. The average molecular weight is 515 g/mol. The van der Waals surface area contributed by atoms with E-state index in [-0.39, 0.29) is 29.2 Å². The van der Waals surface area contributed by atoms with Crippen LogP contribution in [0.3, 0.4) is 0 Å². The minimum absolute atomic E-state index is 0.0239. The molecule has 0 saturated carbocycles. The monoisotopic (exact) mass is 514 g/mol. The zero-order valence-corrected chi connectivity index (χ0v) is 22.0. The largest absolute Gasteiger partial charge is 0.497 e. The molecule has 3 aromatic rings. The molecule has 0 aliphatic carbocycles. The molecule has 3 aromatic carbocycles. The molecule has 0 amide bonds. The van der Waals surface area contributed by atoms with Gasteiger partial charge in [-0.3, -0.25) is 0 Å². The molecule has 8 heteroatoms. The van der Waals surface area contributed by atoms with Gasteiger partial charge < -0.3 is 29.4 Å². The van der Waals surface area contributed by atoms with Gasteiger partial charge in [0.2, 0.25) is 5.88 Å². The number of hydrogen-bond acceptors (Lipinski definition) is 8. The van der Waals surface area contributed by atoms with Gasteiger partial charge in [0.1, 0.15) is 40.4 Å². The van der Waals surface area contributed by atoms with Crippen LogP contribution in [0, 0.1) is 11.3 Å². The van der Waals surface area contributed by atoms with Crippen LogP contribution in [0.4, 0.5) is 0 Å². The van der Waals surface area contributed by atoms with E-state index in [0.29, 0.717) is 34.1 Å². The lowest BCUT2D eigenvalue weighted by molar-refractivity contribution is -0.136. The van der Waals surface area contributed by atoms with Crippen molar-refractivity contribution < 1.29 is 28.5 Å². The number of esters is 1. The fourth-order valence-electron chi connectivity index (χ4n) is 4.23. The van der Waals surface area contributed by atoms with Crippen molar-refractivity contribution in [3.8, 4) is 34.8 Å². The SMILES string of the molecule is COc1ccc(C2C(C#N)=C(N)Oc3cc(OC(=O)COc4ccc(C(C)(C)C)cc4)ccc32)c(OC)c1. The number of rotatable bonds is 7. The van der Waals surface area contributed by atoms with E-state index in [4.69, 9.17) is 29.4 Å². The topological polar surface area (TPSA) is 113 Å². The van der Waals surface area contributed by atoms with Gasteiger partial charge in [-0.15, -0.1) is 0 Å². The number of nitrogens with two attached hydrogens (primary N) is 1. The van der Waals surface area contributed by atoms with Crippen LogP contribution < -0.4 is 29.4 Å². The first-order valence-corrected chi connectivity index (χ1v) is 12.0. The molecule has 196 valence electrons. The maximum atomic E-state index is 12.5. The Hall–Kier alpha value is -4.64. The maximum absolute atomic E-state index is 12.5. The lowest BCUT2D eigenvalue weighted by Crippen LogP contribution is -2.22. The molecule has 0 saturated heterocycles. The Morgan fingerprint density at radius 2 is 1.61 bits per heavy atom. The van der Waals surface area contributed by atoms with Gasteiger partial charge in [-0.1, -0.05) is 45.0 Å². The zero-order valence-electron chi connectivity index (χ0n) is 22.0. The van der Waals surface area contributed by atoms with Crippen LogP contribution in [-0.2, 0) is 10.2 Å². The zero-order chi connectivity index (χ0) is 27.4. The van der Waals surface area contributed by atoms with Gasteiger partial charge >= 0.3 is 5.97 Å². The highest BCUT2D eigenvalue weighted by Crippen LogP contribution is 2.46. The number of carbonyl (C=O) groups excluding carboxylic acids is 1. The summed E-state index contributed by atoms with van der Waals surface area (Å²) in [6, 6.07) is 20.0. The van der Waals surface area contributed by atoms with E-state index in [1.165, 1.54) is 5.56 Å². The van der Waals surface area contributed by atoms with Crippen molar-refractivity contribution >= 4 is 5.97 Å². The van der Waals surface area contributed by atoms with Crippen LogP contribution >= 0.6 is 0 Å². The number of methoxy groups -OCH3 is 2. The predicted octanol–water partition coefficient (Wildman–Crippen LogP) is 5.20. The Bertz CT molecular complexity index is 1410.